The molecular formula is C25H37N5O3. The van der Waals surface area contributed by atoms with E-state index in [1.807, 2.05) is 18.2 Å². The van der Waals surface area contributed by atoms with Crippen LogP contribution < -0.4 is 15.5 Å². The van der Waals surface area contributed by atoms with Crippen LogP contribution in [-0.2, 0) is 14.3 Å². The average Bonchev–Trinajstić information content (AvgIpc) is 2.83. The van der Waals surface area contributed by atoms with Crippen LogP contribution in [0.2, 0.25) is 0 Å². The Labute approximate surface area is 196 Å². The van der Waals surface area contributed by atoms with Gasteiger partial charge >= 0.3 is 0 Å². The molecular weight excluding hydrogens is 418 g/mol. The third-order valence-electron chi connectivity index (χ3n) is 6.07. The minimum absolute atomic E-state index is 0.0844. The maximum Gasteiger partial charge on any atom is 0.224 e. The Hall–Kier alpha value is -2.71. The Bertz CT molecular complexity index is 939. The summed E-state index contributed by atoms with van der Waals surface area (Å²) in [5.74, 6) is 0.713. The van der Waals surface area contributed by atoms with Gasteiger partial charge in [0.1, 0.15) is 5.82 Å². The molecule has 1 aliphatic heterocycles. The Kier molecular flexibility index (Phi) is 9.45. The first kappa shape index (κ1) is 24.9. The van der Waals surface area contributed by atoms with Crippen LogP contribution >= 0.6 is 0 Å². The molecule has 2 N–H and O–H groups in total. The summed E-state index contributed by atoms with van der Waals surface area (Å²) in [6.45, 7) is 13.1. The van der Waals surface area contributed by atoms with Crippen molar-refractivity contribution in [1.82, 2.24) is 15.2 Å². The van der Waals surface area contributed by atoms with Crippen molar-refractivity contribution in [3.63, 3.8) is 0 Å². The minimum Gasteiger partial charge on any atom is -0.378 e. The normalized spacial score (nSPS) is 14.0. The summed E-state index contributed by atoms with van der Waals surface area (Å²) in [5.41, 5.74) is 2.73. The molecule has 0 bridgehead atoms. The van der Waals surface area contributed by atoms with Crippen LogP contribution in [0.25, 0.3) is 10.9 Å². The molecule has 1 saturated heterocycles. The highest BCUT2D eigenvalue weighted by Crippen LogP contribution is 2.26. The van der Waals surface area contributed by atoms with Gasteiger partial charge in [0.05, 0.1) is 18.7 Å². The smallest absolute Gasteiger partial charge is 0.224 e. The molecule has 1 aliphatic rings. The van der Waals surface area contributed by atoms with Crippen molar-refractivity contribution in [3.05, 3.63) is 29.8 Å². The van der Waals surface area contributed by atoms with Gasteiger partial charge < -0.3 is 25.2 Å². The van der Waals surface area contributed by atoms with Gasteiger partial charge in [0, 0.05) is 43.5 Å². The predicted octanol–water partition coefficient (Wildman–Crippen LogP) is 2.95. The summed E-state index contributed by atoms with van der Waals surface area (Å²) in [7, 11) is 0. The molecule has 0 spiro atoms. The highest BCUT2D eigenvalue weighted by molar-refractivity contribution is 5.96. The molecule has 0 radical (unpaired) electrons. The fourth-order valence-corrected chi connectivity index (χ4v) is 4.02. The standard InChI is InChI=1S/C25H37N5O3/c1-4-29(5-2)12-6-11-26-24(31)9-10-25(32)27-20-7-8-22-21(18-20)19(3)17-23(28-22)30-13-15-33-16-14-30/h7-8,17-18H,4-6,9-16H2,1-3H3,(H,26,31)(H,27,32). The fraction of sp³-hybridized carbons (Fsp3) is 0.560. The zero-order valence-electron chi connectivity index (χ0n) is 20.2. The third-order valence-corrected chi connectivity index (χ3v) is 6.07. The summed E-state index contributed by atoms with van der Waals surface area (Å²) in [6, 6.07) is 7.84. The van der Waals surface area contributed by atoms with Crippen LogP contribution in [0.5, 0.6) is 0 Å². The molecule has 180 valence electrons. The number of aryl methyl sites for hydroxylation is 1. The number of pyridine rings is 1. The molecule has 1 aromatic carbocycles. The van der Waals surface area contributed by atoms with E-state index in [4.69, 9.17) is 9.72 Å². The second-order valence-corrected chi connectivity index (χ2v) is 8.41. The number of carbonyl (C=O) groups is 2. The number of nitrogens with zero attached hydrogens (tertiary/aromatic N) is 3. The molecule has 0 saturated carbocycles. The quantitative estimate of drug-likeness (QED) is 0.507. The molecule has 2 aromatic rings. The van der Waals surface area contributed by atoms with Gasteiger partial charge in [-0.15, -0.1) is 0 Å². The van der Waals surface area contributed by atoms with Crippen LogP contribution in [-0.4, -0.2) is 74.2 Å². The predicted molar refractivity (Wildman–Crippen MR) is 133 cm³/mol. The van der Waals surface area contributed by atoms with E-state index in [1.165, 1.54) is 0 Å². The number of benzene rings is 1. The van der Waals surface area contributed by atoms with E-state index in [2.05, 4.69) is 47.3 Å². The van der Waals surface area contributed by atoms with Gasteiger partial charge in [-0.2, -0.15) is 0 Å². The van der Waals surface area contributed by atoms with Crippen LogP contribution in [0.4, 0.5) is 11.5 Å². The SMILES string of the molecule is CCN(CC)CCCNC(=O)CCC(=O)Nc1ccc2nc(N3CCOCC3)cc(C)c2c1. The number of morpholine rings is 1. The Morgan fingerprint density at radius 2 is 1.82 bits per heavy atom. The van der Waals surface area contributed by atoms with Gasteiger partial charge in [0.15, 0.2) is 0 Å². The zero-order chi connectivity index (χ0) is 23.6. The van der Waals surface area contributed by atoms with E-state index in [9.17, 15) is 9.59 Å². The number of fused-ring (bicyclic) bond motifs is 1. The molecule has 0 unspecified atom stereocenters. The van der Waals surface area contributed by atoms with Gasteiger partial charge in [0.2, 0.25) is 11.8 Å². The second-order valence-electron chi connectivity index (χ2n) is 8.41. The molecule has 2 heterocycles. The molecule has 1 fully saturated rings. The number of hydrogen-bond acceptors (Lipinski definition) is 6. The molecule has 33 heavy (non-hydrogen) atoms. The van der Waals surface area contributed by atoms with E-state index in [0.29, 0.717) is 6.54 Å². The molecule has 0 atom stereocenters. The van der Waals surface area contributed by atoms with E-state index >= 15 is 0 Å². The zero-order valence-corrected chi connectivity index (χ0v) is 20.2. The molecule has 0 aliphatic carbocycles. The van der Waals surface area contributed by atoms with Crippen LogP contribution in [0.1, 0.15) is 38.7 Å². The van der Waals surface area contributed by atoms with Crippen molar-refractivity contribution in [2.75, 3.05) is 62.7 Å². The number of amides is 2. The average molecular weight is 456 g/mol. The van der Waals surface area contributed by atoms with Crippen LogP contribution in [0.15, 0.2) is 24.3 Å². The Balaban J connectivity index is 1.48. The highest BCUT2D eigenvalue weighted by Gasteiger charge is 2.15. The van der Waals surface area contributed by atoms with E-state index < -0.39 is 0 Å². The van der Waals surface area contributed by atoms with E-state index in [0.717, 1.165) is 80.3 Å². The first-order valence-electron chi connectivity index (χ1n) is 12.0. The Morgan fingerprint density at radius 3 is 2.55 bits per heavy atom. The van der Waals surface area contributed by atoms with Crippen molar-refractivity contribution in [1.29, 1.82) is 0 Å². The lowest BCUT2D eigenvalue weighted by atomic mass is 10.1. The number of anilines is 2. The number of carbonyl (C=O) groups excluding carboxylic acids is 2. The number of nitrogens with one attached hydrogen (secondary N) is 2. The lowest BCUT2D eigenvalue weighted by molar-refractivity contribution is -0.124. The van der Waals surface area contributed by atoms with E-state index in [1.54, 1.807) is 0 Å². The monoisotopic (exact) mass is 455 g/mol. The van der Waals surface area contributed by atoms with Gasteiger partial charge in [-0.1, -0.05) is 13.8 Å². The summed E-state index contributed by atoms with van der Waals surface area (Å²) < 4.78 is 5.43. The molecule has 8 nitrogen and oxygen atoms in total. The summed E-state index contributed by atoms with van der Waals surface area (Å²) in [6.07, 6.45) is 1.26. The lowest BCUT2D eigenvalue weighted by Gasteiger charge is -2.28. The molecule has 1 aromatic heterocycles. The summed E-state index contributed by atoms with van der Waals surface area (Å²) in [5, 5.41) is 6.83. The van der Waals surface area contributed by atoms with Crippen molar-refractivity contribution >= 4 is 34.2 Å². The number of ether oxygens (including phenoxy) is 1. The topological polar surface area (TPSA) is 86.8 Å². The van der Waals surface area contributed by atoms with Crippen molar-refractivity contribution in [3.8, 4) is 0 Å². The van der Waals surface area contributed by atoms with Crippen molar-refractivity contribution < 1.29 is 14.3 Å². The second kappa shape index (κ2) is 12.5. The third kappa shape index (κ3) is 7.40. The van der Waals surface area contributed by atoms with Gasteiger partial charge in [-0.25, -0.2) is 4.98 Å². The maximum absolute atomic E-state index is 12.4. The minimum atomic E-state index is -0.164. The summed E-state index contributed by atoms with van der Waals surface area (Å²) in [4.78, 5) is 33.8. The van der Waals surface area contributed by atoms with E-state index in [-0.39, 0.29) is 24.7 Å². The Morgan fingerprint density at radius 1 is 1.09 bits per heavy atom. The van der Waals surface area contributed by atoms with Crippen molar-refractivity contribution in [2.24, 2.45) is 0 Å². The first-order chi connectivity index (χ1) is 16.0. The first-order valence-corrected chi connectivity index (χ1v) is 12.0. The van der Waals surface area contributed by atoms with Gasteiger partial charge in [-0.05, 0) is 62.8 Å². The molecule has 3 rings (SSSR count). The number of hydrogen-bond donors (Lipinski definition) is 2. The fourth-order valence-electron chi connectivity index (χ4n) is 4.02. The van der Waals surface area contributed by atoms with Gasteiger partial charge in [0.25, 0.3) is 0 Å². The van der Waals surface area contributed by atoms with Gasteiger partial charge in [-0.3, -0.25) is 9.59 Å². The maximum atomic E-state index is 12.4. The highest BCUT2D eigenvalue weighted by atomic mass is 16.5. The van der Waals surface area contributed by atoms with Crippen molar-refractivity contribution in [2.45, 2.75) is 40.0 Å². The van der Waals surface area contributed by atoms with Crippen LogP contribution in [0, 0.1) is 6.92 Å². The lowest BCUT2D eigenvalue weighted by Crippen LogP contribution is -2.36. The summed E-state index contributed by atoms with van der Waals surface area (Å²) >= 11 is 0. The largest absolute Gasteiger partial charge is 0.378 e. The molecule has 2 amide bonds. The number of aromatic nitrogens is 1. The van der Waals surface area contributed by atoms with Crippen LogP contribution in [0.3, 0.4) is 0 Å². The number of rotatable bonds is 11. The molecule has 8 heteroatoms.